The largest absolute Gasteiger partial charge is 0.325 e. The molecular formula is C23H21FN2O3S. The van der Waals surface area contributed by atoms with Gasteiger partial charge in [-0.3, -0.25) is 4.79 Å². The summed E-state index contributed by atoms with van der Waals surface area (Å²) in [6.07, 6.45) is 0.239. The molecule has 0 saturated heterocycles. The molecule has 0 saturated carbocycles. The number of aryl methyl sites for hydroxylation is 1. The zero-order valence-corrected chi connectivity index (χ0v) is 17.2. The Morgan fingerprint density at radius 2 is 1.70 bits per heavy atom. The number of nitrogens with one attached hydrogen (secondary N) is 1. The molecule has 0 unspecified atom stereocenters. The second kappa shape index (κ2) is 8.01. The summed E-state index contributed by atoms with van der Waals surface area (Å²) in [5, 5.41) is 2.66. The third kappa shape index (κ3) is 3.99. The molecule has 30 heavy (non-hydrogen) atoms. The fraction of sp³-hybridized carbons (Fsp3) is 0.174. The number of hydrogen-bond acceptors (Lipinski definition) is 3. The number of benzene rings is 3. The highest BCUT2D eigenvalue weighted by atomic mass is 32.2. The third-order valence-electron chi connectivity index (χ3n) is 5.23. The molecule has 1 aliphatic rings. The standard InChI is InChI=1S/C23H21FN2O3S/c1-16-9-11-21(12-10-16)30(28,29)26-15-18-6-3-2-5-17(18)13-22(26)23(27)25-20-8-4-7-19(24)14-20/h2-12,14,22H,13,15H2,1H3,(H,25,27)/t22-/m1/s1. The van der Waals surface area contributed by atoms with Gasteiger partial charge >= 0.3 is 0 Å². The van der Waals surface area contributed by atoms with E-state index in [1.807, 2.05) is 31.2 Å². The van der Waals surface area contributed by atoms with E-state index in [4.69, 9.17) is 0 Å². The number of anilines is 1. The van der Waals surface area contributed by atoms with Crippen molar-refractivity contribution in [2.45, 2.75) is 30.8 Å². The minimum atomic E-state index is -3.92. The Labute approximate surface area is 175 Å². The minimum Gasteiger partial charge on any atom is -0.325 e. The van der Waals surface area contributed by atoms with E-state index in [2.05, 4.69) is 5.32 Å². The fourth-order valence-electron chi connectivity index (χ4n) is 3.61. The van der Waals surface area contributed by atoms with Gasteiger partial charge in [0, 0.05) is 12.2 Å². The van der Waals surface area contributed by atoms with Gasteiger partial charge in [0.1, 0.15) is 11.9 Å². The predicted molar refractivity (Wildman–Crippen MR) is 113 cm³/mol. The van der Waals surface area contributed by atoms with Crippen LogP contribution in [0, 0.1) is 12.7 Å². The molecule has 0 aromatic heterocycles. The normalized spacial score (nSPS) is 16.7. The molecule has 0 radical (unpaired) electrons. The van der Waals surface area contributed by atoms with Crippen molar-refractivity contribution in [3.63, 3.8) is 0 Å². The number of halogens is 1. The summed E-state index contributed by atoms with van der Waals surface area (Å²) in [7, 11) is -3.92. The van der Waals surface area contributed by atoms with E-state index < -0.39 is 27.8 Å². The lowest BCUT2D eigenvalue weighted by atomic mass is 9.95. The first-order valence-corrected chi connectivity index (χ1v) is 11.0. The summed E-state index contributed by atoms with van der Waals surface area (Å²) in [4.78, 5) is 13.2. The first-order valence-electron chi connectivity index (χ1n) is 9.56. The van der Waals surface area contributed by atoms with Crippen LogP contribution in [0.2, 0.25) is 0 Å². The van der Waals surface area contributed by atoms with Gasteiger partial charge in [0.15, 0.2) is 0 Å². The molecule has 154 valence electrons. The molecule has 4 rings (SSSR count). The zero-order chi connectivity index (χ0) is 21.3. The fourth-order valence-corrected chi connectivity index (χ4v) is 5.18. The molecule has 0 spiro atoms. The SMILES string of the molecule is Cc1ccc(S(=O)(=O)N2Cc3ccccc3C[C@@H]2C(=O)Nc2cccc(F)c2)cc1. The van der Waals surface area contributed by atoms with Crippen molar-refractivity contribution >= 4 is 21.6 Å². The van der Waals surface area contributed by atoms with Gasteiger partial charge in [-0.15, -0.1) is 0 Å². The van der Waals surface area contributed by atoms with E-state index in [0.717, 1.165) is 16.7 Å². The van der Waals surface area contributed by atoms with Crippen molar-refractivity contribution in [3.8, 4) is 0 Å². The van der Waals surface area contributed by atoms with E-state index >= 15 is 0 Å². The van der Waals surface area contributed by atoms with Gasteiger partial charge < -0.3 is 5.32 Å². The van der Waals surface area contributed by atoms with Crippen molar-refractivity contribution in [1.82, 2.24) is 4.31 Å². The van der Waals surface area contributed by atoms with E-state index in [1.165, 1.54) is 22.5 Å². The highest BCUT2D eigenvalue weighted by Crippen LogP contribution is 2.30. The van der Waals surface area contributed by atoms with Crippen LogP contribution >= 0.6 is 0 Å². The molecule has 3 aromatic rings. The monoisotopic (exact) mass is 424 g/mol. The molecule has 1 aliphatic heterocycles. The van der Waals surface area contributed by atoms with Crippen LogP contribution in [0.3, 0.4) is 0 Å². The van der Waals surface area contributed by atoms with Crippen molar-refractivity contribution in [3.05, 3.63) is 95.3 Å². The number of hydrogen-bond donors (Lipinski definition) is 1. The van der Waals surface area contributed by atoms with Gasteiger partial charge in [0.2, 0.25) is 15.9 Å². The van der Waals surface area contributed by atoms with Gasteiger partial charge in [0.25, 0.3) is 0 Å². The molecule has 1 heterocycles. The summed E-state index contributed by atoms with van der Waals surface area (Å²) < 4.78 is 41.6. The molecular weight excluding hydrogens is 403 g/mol. The molecule has 3 aromatic carbocycles. The maximum Gasteiger partial charge on any atom is 0.244 e. The number of carbonyl (C=O) groups excluding carboxylic acids is 1. The van der Waals surface area contributed by atoms with E-state index in [0.29, 0.717) is 0 Å². The van der Waals surface area contributed by atoms with Gasteiger partial charge in [-0.1, -0.05) is 48.0 Å². The lowest BCUT2D eigenvalue weighted by molar-refractivity contribution is -0.120. The smallest absolute Gasteiger partial charge is 0.244 e. The Bertz CT molecular complexity index is 1190. The minimum absolute atomic E-state index is 0.0909. The third-order valence-corrected chi connectivity index (χ3v) is 7.10. The Balaban J connectivity index is 1.71. The van der Waals surface area contributed by atoms with E-state index in [1.54, 1.807) is 30.3 Å². The van der Waals surface area contributed by atoms with Crippen molar-refractivity contribution in [2.75, 3.05) is 5.32 Å². The summed E-state index contributed by atoms with van der Waals surface area (Å²) >= 11 is 0. The zero-order valence-electron chi connectivity index (χ0n) is 16.4. The Morgan fingerprint density at radius 1 is 1.00 bits per heavy atom. The Morgan fingerprint density at radius 3 is 2.40 bits per heavy atom. The molecule has 7 heteroatoms. The number of rotatable bonds is 4. The van der Waals surface area contributed by atoms with Crippen LogP contribution in [-0.2, 0) is 27.8 Å². The first-order chi connectivity index (χ1) is 14.3. The maximum absolute atomic E-state index is 13.5. The van der Waals surface area contributed by atoms with Crippen LogP contribution in [0.25, 0.3) is 0 Å². The van der Waals surface area contributed by atoms with Gasteiger partial charge in [-0.05, 0) is 54.8 Å². The second-order valence-electron chi connectivity index (χ2n) is 7.35. The number of carbonyl (C=O) groups is 1. The number of nitrogens with zero attached hydrogens (tertiary/aromatic N) is 1. The summed E-state index contributed by atoms with van der Waals surface area (Å²) in [6.45, 7) is 1.97. The number of fused-ring (bicyclic) bond motifs is 1. The molecule has 5 nitrogen and oxygen atoms in total. The quantitative estimate of drug-likeness (QED) is 0.691. The topological polar surface area (TPSA) is 66.5 Å². The van der Waals surface area contributed by atoms with Crippen molar-refractivity contribution in [1.29, 1.82) is 0 Å². The van der Waals surface area contributed by atoms with Crippen molar-refractivity contribution in [2.24, 2.45) is 0 Å². The van der Waals surface area contributed by atoms with Crippen LogP contribution in [0.4, 0.5) is 10.1 Å². The van der Waals surface area contributed by atoms with Crippen LogP contribution in [-0.4, -0.2) is 24.7 Å². The van der Waals surface area contributed by atoms with Crippen LogP contribution < -0.4 is 5.32 Å². The van der Waals surface area contributed by atoms with E-state index in [-0.39, 0.29) is 23.5 Å². The number of amides is 1. The van der Waals surface area contributed by atoms with Gasteiger partial charge in [-0.25, -0.2) is 12.8 Å². The Hall–Kier alpha value is -3.03. The highest BCUT2D eigenvalue weighted by Gasteiger charge is 2.39. The lowest BCUT2D eigenvalue weighted by Crippen LogP contribution is -2.50. The predicted octanol–water partition coefficient (Wildman–Crippen LogP) is 3.89. The molecule has 0 bridgehead atoms. The summed E-state index contributed by atoms with van der Waals surface area (Å²) in [6, 6.07) is 18.6. The van der Waals surface area contributed by atoms with Crippen LogP contribution in [0.1, 0.15) is 16.7 Å². The van der Waals surface area contributed by atoms with Crippen LogP contribution in [0.5, 0.6) is 0 Å². The highest BCUT2D eigenvalue weighted by molar-refractivity contribution is 7.89. The van der Waals surface area contributed by atoms with Gasteiger partial charge in [-0.2, -0.15) is 4.31 Å². The summed E-state index contributed by atoms with van der Waals surface area (Å²) in [5.74, 6) is -0.975. The average Bonchev–Trinajstić information content (AvgIpc) is 2.73. The average molecular weight is 424 g/mol. The van der Waals surface area contributed by atoms with Crippen molar-refractivity contribution < 1.29 is 17.6 Å². The maximum atomic E-state index is 13.5. The number of sulfonamides is 1. The van der Waals surface area contributed by atoms with Crippen LogP contribution in [0.15, 0.2) is 77.7 Å². The molecule has 1 atom stereocenters. The van der Waals surface area contributed by atoms with Gasteiger partial charge in [0.05, 0.1) is 4.90 Å². The molecule has 1 N–H and O–H groups in total. The van der Waals surface area contributed by atoms with E-state index in [9.17, 15) is 17.6 Å². The molecule has 0 fully saturated rings. The second-order valence-corrected chi connectivity index (χ2v) is 9.24. The molecule has 1 amide bonds. The first kappa shape index (κ1) is 20.3. The lowest BCUT2D eigenvalue weighted by Gasteiger charge is -2.35. The summed E-state index contributed by atoms with van der Waals surface area (Å²) in [5.41, 5.74) is 3.01. The molecule has 0 aliphatic carbocycles. The Kier molecular flexibility index (Phi) is 5.40.